The minimum absolute atomic E-state index is 0.396. The molecule has 0 radical (unpaired) electrons. The van der Waals surface area contributed by atoms with Gasteiger partial charge >= 0.3 is 5.97 Å². The SMILES string of the molecule is C[C@@H](OC(=O)/C=C/c1cccc(F)c1)C(=O)Nc1ccc(Br)cc1. The van der Waals surface area contributed by atoms with Crippen LogP contribution in [0.15, 0.2) is 59.1 Å². The fourth-order valence-electron chi connectivity index (χ4n) is 1.82. The number of ether oxygens (including phenoxy) is 1. The summed E-state index contributed by atoms with van der Waals surface area (Å²) >= 11 is 3.30. The van der Waals surface area contributed by atoms with Crippen LogP contribution in [0.2, 0.25) is 0 Å². The third kappa shape index (κ3) is 5.62. The molecule has 0 unspecified atom stereocenters. The molecule has 0 aromatic heterocycles. The van der Waals surface area contributed by atoms with E-state index in [-0.39, 0.29) is 0 Å². The predicted octanol–water partition coefficient (Wildman–Crippen LogP) is 4.17. The quantitative estimate of drug-likeness (QED) is 0.614. The molecular weight excluding hydrogens is 377 g/mol. The normalized spacial score (nSPS) is 12.0. The third-order valence-corrected chi connectivity index (χ3v) is 3.56. The average molecular weight is 392 g/mol. The fourth-order valence-corrected chi connectivity index (χ4v) is 2.08. The second kappa shape index (κ2) is 8.40. The lowest BCUT2D eigenvalue weighted by atomic mass is 10.2. The summed E-state index contributed by atoms with van der Waals surface area (Å²) < 4.78 is 18.9. The number of carbonyl (C=O) groups is 2. The monoisotopic (exact) mass is 391 g/mol. The minimum Gasteiger partial charge on any atom is -0.449 e. The van der Waals surface area contributed by atoms with E-state index < -0.39 is 23.8 Å². The lowest BCUT2D eigenvalue weighted by Gasteiger charge is -2.12. The van der Waals surface area contributed by atoms with Crippen molar-refractivity contribution in [1.82, 2.24) is 0 Å². The van der Waals surface area contributed by atoms with Crippen LogP contribution in [0.5, 0.6) is 0 Å². The summed E-state index contributed by atoms with van der Waals surface area (Å²) in [6, 6.07) is 12.8. The first kappa shape index (κ1) is 17.9. The van der Waals surface area contributed by atoms with Crippen LogP contribution in [0, 0.1) is 5.82 Å². The zero-order valence-corrected chi connectivity index (χ0v) is 14.4. The van der Waals surface area contributed by atoms with Gasteiger partial charge < -0.3 is 10.1 Å². The summed E-state index contributed by atoms with van der Waals surface area (Å²) in [5.74, 6) is -1.52. The second-order valence-corrected chi connectivity index (χ2v) is 5.88. The van der Waals surface area contributed by atoms with Gasteiger partial charge in [-0.05, 0) is 55.0 Å². The van der Waals surface area contributed by atoms with E-state index in [1.165, 1.54) is 31.2 Å². The molecule has 0 aliphatic heterocycles. The highest BCUT2D eigenvalue weighted by Gasteiger charge is 2.16. The molecule has 6 heteroatoms. The van der Waals surface area contributed by atoms with Gasteiger partial charge in [0.25, 0.3) is 5.91 Å². The molecule has 0 aliphatic rings. The molecule has 124 valence electrons. The highest BCUT2D eigenvalue weighted by molar-refractivity contribution is 9.10. The third-order valence-electron chi connectivity index (χ3n) is 3.03. The van der Waals surface area contributed by atoms with Crippen LogP contribution in [0.4, 0.5) is 10.1 Å². The van der Waals surface area contributed by atoms with Gasteiger partial charge in [-0.3, -0.25) is 4.79 Å². The first-order chi connectivity index (χ1) is 11.4. The molecule has 0 bridgehead atoms. The Morgan fingerprint density at radius 3 is 2.58 bits per heavy atom. The zero-order valence-electron chi connectivity index (χ0n) is 12.8. The number of benzene rings is 2. The van der Waals surface area contributed by atoms with Crippen molar-refractivity contribution in [1.29, 1.82) is 0 Å². The van der Waals surface area contributed by atoms with Crippen molar-refractivity contribution in [2.75, 3.05) is 5.32 Å². The zero-order chi connectivity index (χ0) is 17.5. The molecule has 0 fully saturated rings. The van der Waals surface area contributed by atoms with Crippen molar-refractivity contribution >= 4 is 39.6 Å². The number of halogens is 2. The number of anilines is 1. The van der Waals surface area contributed by atoms with Crippen LogP contribution in [0.25, 0.3) is 6.08 Å². The van der Waals surface area contributed by atoms with Crippen molar-refractivity contribution < 1.29 is 18.7 Å². The number of rotatable bonds is 5. The van der Waals surface area contributed by atoms with Gasteiger partial charge in [-0.15, -0.1) is 0 Å². The van der Waals surface area contributed by atoms with E-state index in [1.54, 1.807) is 30.3 Å². The standard InChI is InChI=1S/C18H15BrFNO3/c1-12(18(23)21-16-8-6-14(19)7-9-16)24-17(22)10-5-13-3-2-4-15(20)11-13/h2-12H,1H3,(H,21,23)/b10-5+/t12-/m1/s1. The number of amides is 1. The van der Waals surface area contributed by atoms with E-state index in [9.17, 15) is 14.0 Å². The molecule has 0 heterocycles. The van der Waals surface area contributed by atoms with Crippen LogP contribution < -0.4 is 5.32 Å². The highest BCUT2D eigenvalue weighted by Crippen LogP contribution is 2.14. The maximum absolute atomic E-state index is 13.0. The van der Waals surface area contributed by atoms with Crippen LogP contribution in [0.3, 0.4) is 0 Å². The van der Waals surface area contributed by atoms with Gasteiger partial charge in [-0.1, -0.05) is 28.1 Å². The minimum atomic E-state index is -0.960. The molecular formula is C18H15BrFNO3. The molecule has 0 saturated heterocycles. The van der Waals surface area contributed by atoms with Crippen molar-refractivity contribution in [3.8, 4) is 0 Å². The Hall–Kier alpha value is -2.47. The number of hydrogen-bond donors (Lipinski definition) is 1. The molecule has 2 aromatic carbocycles. The fraction of sp³-hybridized carbons (Fsp3) is 0.111. The molecule has 1 atom stereocenters. The van der Waals surface area contributed by atoms with Crippen molar-refractivity contribution in [2.24, 2.45) is 0 Å². The average Bonchev–Trinajstić information content (AvgIpc) is 2.55. The number of esters is 1. The molecule has 4 nitrogen and oxygen atoms in total. The first-order valence-corrected chi connectivity index (χ1v) is 7.94. The Kier molecular flexibility index (Phi) is 6.26. The molecule has 1 amide bonds. The Balaban J connectivity index is 1.88. The largest absolute Gasteiger partial charge is 0.449 e. The van der Waals surface area contributed by atoms with Crippen molar-refractivity contribution in [3.05, 3.63) is 70.5 Å². The molecule has 0 aliphatic carbocycles. The summed E-state index contributed by atoms with van der Waals surface area (Å²) in [4.78, 5) is 23.7. The topological polar surface area (TPSA) is 55.4 Å². The lowest BCUT2D eigenvalue weighted by Crippen LogP contribution is -2.29. The van der Waals surface area contributed by atoms with Gasteiger partial charge in [0.05, 0.1) is 0 Å². The van der Waals surface area contributed by atoms with Crippen LogP contribution in [-0.2, 0) is 14.3 Å². The molecule has 1 N–H and O–H groups in total. The Morgan fingerprint density at radius 2 is 1.92 bits per heavy atom. The van der Waals surface area contributed by atoms with E-state index in [0.717, 1.165) is 10.5 Å². The maximum Gasteiger partial charge on any atom is 0.331 e. The van der Waals surface area contributed by atoms with E-state index in [1.807, 2.05) is 0 Å². The van der Waals surface area contributed by atoms with Crippen LogP contribution in [-0.4, -0.2) is 18.0 Å². The van der Waals surface area contributed by atoms with Crippen LogP contribution in [0.1, 0.15) is 12.5 Å². The highest BCUT2D eigenvalue weighted by atomic mass is 79.9. The van der Waals surface area contributed by atoms with Gasteiger partial charge in [0, 0.05) is 16.2 Å². The van der Waals surface area contributed by atoms with E-state index in [0.29, 0.717) is 11.3 Å². The Bertz CT molecular complexity index is 759. The van der Waals surface area contributed by atoms with Gasteiger partial charge in [0.15, 0.2) is 6.10 Å². The first-order valence-electron chi connectivity index (χ1n) is 7.15. The summed E-state index contributed by atoms with van der Waals surface area (Å²) in [5.41, 5.74) is 1.13. The molecule has 0 spiro atoms. The Labute approximate surface area is 147 Å². The van der Waals surface area contributed by atoms with E-state index in [2.05, 4.69) is 21.2 Å². The number of nitrogens with one attached hydrogen (secondary N) is 1. The summed E-state index contributed by atoms with van der Waals surface area (Å²) in [5, 5.41) is 2.64. The molecule has 24 heavy (non-hydrogen) atoms. The smallest absolute Gasteiger partial charge is 0.331 e. The van der Waals surface area contributed by atoms with E-state index in [4.69, 9.17) is 4.74 Å². The second-order valence-electron chi connectivity index (χ2n) is 4.96. The maximum atomic E-state index is 13.0. The van der Waals surface area contributed by atoms with Crippen molar-refractivity contribution in [3.63, 3.8) is 0 Å². The van der Waals surface area contributed by atoms with Crippen molar-refractivity contribution in [2.45, 2.75) is 13.0 Å². The predicted molar refractivity (Wildman–Crippen MR) is 93.8 cm³/mol. The molecule has 2 rings (SSSR count). The van der Waals surface area contributed by atoms with E-state index >= 15 is 0 Å². The number of carbonyl (C=O) groups excluding carboxylic acids is 2. The van der Waals surface area contributed by atoms with Crippen LogP contribution >= 0.6 is 15.9 Å². The van der Waals surface area contributed by atoms with Gasteiger partial charge in [0.1, 0.15) is 5.82 Å². The molecule has 0 saturated carbocycles. The summed E-state index contributed by atoms with van der Waals surface area (Å²) in [7, 11) is 0. The van der Waals surface area contributed by atoms with Gasteiger partial charge in [-0.25, -0.2) is 9.18 Å². The molecule has 2 aromatic rings. The number of hydrogen-bond acceptors (Lipinski definition) is 3. The summed E-state index contributed by atoms with van der Waals surface area (Å²) in [6.07, 6.45) is 1.61. The van der Waals surface area contributed by atoms with Gasteiger partial charge in [0.2, 0.25) is 0 Å². The Morgan fingerprint density at radius 1 is 1.21 bits per heavy atom. The van der Waals surface area contributed by atoms with Gasteiger partial charge in [-0.2, -0.15) is 0 Å². The summed E-state index contributed by atoms with van der Waals surface area (Å²) in [6.45, 7) is 1.47. The lowest BCUT2D eigenvalue weighted by molar-refractivity contribution is -0.148.